The average molecular weight is 416 g/mol. The molecular weight excluding hydrogens is 386 g/mol. The number of rotatable bonds is 6. The van der Waals surface area contributed by atoms with Crippen LogP contribution < -0.4 is 0 Å². The fourth-order valence-corrected chi connectivity index (χ4v) is 4.74. The number of ether oxygens (including phenoxy) is 1. The molecule has 1 fully saturated rings. The zero-order chi connectivity index (χ0) is 21.7. The Labute approximate surface area is 184 Å². The summed E-state index contributed by atoms with van der Waals surface area (Å²) in [5.41, 5.74) is 2.47. The van der Waals surface area contributed by atoms with Gasteiger partial charge in [-0.1, -0.05) is 78.9 Å². The molecule has 0 saturated carbocycles. The molecule has 0 amide bonds. The Balaban J connectivity index is 1.53. The van der Waals surface area contributed by atoms with E-state index >= 15 is 0 Å². The third kappa shape index (κ3) is 4.41. The summed E-state index contributed by atoms with van der Waals surface area (Å²) in [6.45, 7) is 2.43. The van der Waals surface area contributed by atoms with Crippen LogP contribution in [0.25, 0.3) is 0 Å². The first kappa shape index (κ1) is 21.3. The maximum atomic E-state index is 12.1. The fraction of sp³-hybridized carbons (Fsp3) is 0.296. The third-order valence-corrected chi connectivity index (χ3v) is 6.42. The van der Waals surface area contributed by atoms with Crippen molar-refractivity contribution in [2.75, 3.05) is 20.2 Å². The Hall–Kier alpha value is -2.95. The lowest BCUT2D eigenvalue weighted by atomic mass is 9.72. The van der Waals surface area contributed by atoms with E-state index in [1.807, 2.05) is 84.9 Å². The minimum absolute atomic E-state index is 0.115. The second-order valence-electron chi connectivity index (χ2n) is 8.20. The first-order chi connectivity index (χ1) is 15.1. The zero-order valence-electron chi connectivity index (χ0n) is 17.9. The molecule has 4 nitrogen and oxygen atoms in total. The van der Waals surface area contributed by atoms with E-state index in [0.717, 1.165) is 42.6 Å². The van der Waals surface area contributed by atoms with Crippen molar-refractivity contribution in [2.24, 2.45) is 5.92 Å². The Morgan fingerprint density at radius 3 is 1.97 bits per heavy atom. The Bertz CT molecular complexity index is 956. The fourth-order valence-electron chi connectivity index (χ4n) is 4.74. The summed E-state index contributed by atoms with van der Waals surface area (Å²) in [7, 11) is 1.42. The Kier molecular flexibility index (Phi) is 6.50. The van der Waals surface area contributed by atoms with Crippen molar-refractivity contribution in [1.82, 2.24) is 4.90 Å². The molecule has 1 aliphatic heterocycles. The largest absolute Gasteiger partial charge is 0.465 e. The molecule has 1 aliphatic rings. The van der Waals surface area contributed by atoms with Gasteiger partial charge in [-0.05, 0) is 54.6 Å². The van der Waals surface area contributed by atoms with Gasteiger partial charge >= 0.3 is 5.97 Å². The number of methoxy groups -OCH3 is 1. The van der Waals surface area contributed by atoms with Gasteiger partial charge in [0, 0.05) is 6.54 Å². The number of hydrogen-bond acceptors (Lipinski definition) is 4. The summed E-state index contributed by atoms with van der Waals surface area (Å²) < 4.78 is 4.94. The Morgan fingerprint density at radius 1 is 0.903 bits per heavy atom. The Morgan fingerprint density at radius 2 is 1.42 bits per heavy atom. The van der Waals surface area contributed by atoms with Crippen LogP contribution in [0.5, 0.6) is 0 Å². The van der Waals surface area contributed by atoms with E-state index in [1.165, 1.54) is 7.11 Å². The van der Waals surface area contributed by atoms with Crippen LogP contribution in [-0.2, 0) is 16.9 Å². The number of nitrogens with zero attached hydrogens (tertiary/aromatic N) is 1. The van der Waals surface area contributed by atoms with Gasteiger partial charge < -0.3 is 9.84 Å². The topological polar surface area (TPSA) is 49.8 Å². The lowest BCUT2D eigenvalue weighted by molar-refractivity contribution is -0.0153. The number of likely N-dealkylation sites (tertiary alicyclic amines) is 1. The minimum atomic E-state index is -1.02. The molecule has 0 aromatic heterocycles. The van der Waals surface area contributed by atoms with Crippen molar-refractivity contribution in [1.29, 1.82) is 0 Å². The first-order valence-electron chi connectivity index (χ1n) is 10.8. The molecule has 31 heavy (non-hydrogen) atoms. The van der Waals surface area contributed by atoms with E-state index in [-0.39, 0.29) is 11.9 Å². The van der Waals surface area contributed by atoms with Crippen LogP contribution in [0, 0.1) is 5.92 Å². The van der Waals surface area contributed by atoms with Crippen molar-refractivity contribution in [3.8, 4) is 0 Å². The molecule has 160 valence electrons. The molecule has 0 spiro atoms. The molecule has 1 heterocycles. The normalized spacial score (nSPS) is 15.5. The molecule has 0 atom stereocenters. The van der Waals surface area contributed by atoms with Gasteiger partial charge in [-0.2, -0.15) is 0 Å². The van der Waals surface area contributed by atoms with Gasteiger partial charge in [0.1, 0.15) is 5.60 Å². The molecule has 0 unspecified atom stereocenters. The number of aliphatic hydroxyl groups is 1. The highest BCUT2D eigenvalue weighted by Gasteiger charge is 2.41. The van der Waals surface area contributed by atoms with E-state index in [9.17, 15) is 9.90 Å². The molecule has 3 aromatic carbocycles. The van der Waals surface area contributed by atoms with Crippen molar-refractivity contribution < 1.29 is 14.6 Å². The predicted molar refractivity (Wildman–Crippen MR) is 122 cm³/mol. The van der Waals surface area contributed by atoms with Gasteiger partial charge in [0.25, 0.3) is 0 Å². The van der Waals surface area contributed by atoms with Crippen LogP contribution in [0.1, 0.15) is 39.9 Å². The molecule has 1 saturated heterocycles. The lowest BCUT2D eigenvalue weighted by Crippen LogP contribution is -2.44. The first-order valence-corrected chi connectivity index (χ1v) is 10.8. The summed E-state index contributed by atoms with van der Waals surface area (Å²) in [6, 6.07) is 27.6. The van der Waals surface area contributed by atoms with Crippen molar-refractivity contribution in [2.45, 2.75) is 25.0 Å². The van der Waals surface area contributed by atoms with Crippen LogP contribution in [-0.4, -0.2) is 36.2 Å². The van der Waals surface area contributed by atoms with Crippen molar-refractivity contribution in [3.63, 3.8) is 0 Å². The molecular formula is C27H29NO3. The van der Waals surface area contributed by atoms with E-state index in [4.69, 9.17) is 4.74 Å². The maximum absolute atomic E-state index is 12.1. The molecule has 3 aromatic rings. The molecule has 4 rings (SSSR count). The number of esters is 1. The van der Waals surface area contributed by atoms with Crippen LogP contribution in [0.3, 0.4) is 0 Å². The minimum Gasteiger partial charge on any atom is -0.465 e. The van der Waals surface area contributed by atoms with Gasteiger partial charge in [0.2, 0.25) is 0 Å². The van der Waals surface area contributed by atoms with E-state index in [2.05, 4.69) is 4.90 Å². The summed E-state index contributed by atoms with van der Waals surface area (Å²) >= 11 is 0. The van der Waals surface area contributed by atoms with E-state index < -0.39 is 5.60 Å². The summed E-state index contributed by atoms with van der Waals surface area (Å²) in [6.07, 6.45) is 1.75. The third-order valence-electron chi connectivity index (χ3n) is 6.42. The molecule has 1 N–H and O–H groups in total. The van der Waals surface area contributed by atoms with Crippen molar-refractivity contribution >= 4 is 5.97 Å². The zero-order valence-corrected chi connectivity index (χ0v) is 17.9. The van der Waals surface area contributed by atoms with Crippen LogP contribution in [0.4, 0.5) is 0 Å². The summed E-state index contributed by atoms with van der Waals surface area (Å²) in [4.78, 5) is 14.5. The number of benzene rings is 3. The smallest absolute Gasteiger partial charge is 0.338 e. The van der Waals surface area contributed by atoms with E-state index in [0.29, 0.717) is 12.1 Å². The quantitative estimate of drug-likeness (QED) is 0.597. The highest BCUT2D eigenvalue weighted by atomic mass is 16.5. The number of carbonyl (C=O) groups is 1. The standard InChI is InChI=1S/C27H29NO3/c1-31-26(29)25-15-9-8-10-21(25)20-28-18-16-24(17-19-28)27(30,22-11-4-2-5-12-22)23-13-6-3-7-14-23/h2-15,24,30H,16-20H2,1H3. The molecule has 0 radical (unpaired) electrons. The van der Waals surface area contributed by atoms with Crippen LogP contribution in [0.15, 0.2) is 84.9 Å². The summed E-state index contributed by atoms with van der Waals surface area (Å²) in [5, 5.41) is 12.0. The lowest BCUT2D eigenvalue weighted by Gasteiger charge is -2.42. The number of piperidine rings is 1. The maximum Gasteiger partial charge on any atom is 0.338 e. The van der Waals surface area contributed by atoms with Gasteiger partial charge in [0.05, 0.1) is 12.7 Å². The second-order valence-corrected chi connectivity index (χ2v) is 8.20. The summed E-state index contributed by atoms with van der Waals surface area (Å²) in [5.74, 6) is -0.183. The van der Waals surface area contributed by atoms with Gasteiger partial charge in [-0.25, -0.2) is 4.79 Å². The van der Waals surface area contributed by atoms with Crippen LogP contribution >= 0.6 is 0 Å². The highest BCUT2D eigenvalue weighted by molar-refractivity contribution is 5.90. The molecule has 0 bridgehead atoms. The van der Waals surface area contributed by atoms with Gasteiger partial charge in [-0.3, -0.25) is 4.90 Å². The predicted octanol–water partition coefficient (Wildman–Crippen LogP) is 4.62. The monoisotopic (exact) mass is 415 g/mol. The number of carbonyl (C=O) groups excluding carboxylic acids is 1. The molecule has 4 heteroatoms. The average Bonchev–Trinajstić information content (AvgIpc) is 2.85. The van der Waals surface area contributed by atoms with Crippen molar-refractivity contribution in [3.05, 3.63) is 107 Å². The highest BCUT2D eigenvalue weighted by Crippen LogP contribution is 2.42. The SMILES string of the molecule is COC(=O)c1ccccc1CN1CCC(C(O)(c2ccccc2)c2ccccc2)CC1. The second kappa shape index (κ2) is 9.46. The van der Waals surface area contributed by atoms with Crippen LogP contribution in [0.2, 0.25) is 0 Å². The molecule has 0 aliphatic carbocycles. The number of hydrogen-bond donors (Lipinski definition) is 1. The van der Waals surface area contributed by atoms with E-state index in [1.54, 1.807) is 0 Å². The van der Waals surface area contributed by atoms with Gasteiger partial charge in [-0.15, -0.1) is 0 Å². The van der Waals surface area contributed by atoms with Gasteiger partial charge in [0.15, 0.2) is 0 Å².